The second kappa shape index (κ2) is 7.47. The number of hydrogen-bond donors (Lipinski definition) is 2. The number of anilines is 1. The summed E-state index contributed by atoms with van der Waals surface area (Å²) in [6.07, 6.45) is 2.03. The predicted molar refractivity (Wildman–Crippen MR) is 75.7 cm³/mol. The fraction of sp³-hybridized carbons (Fsp3) is 0.667. The molecule has 2 N–H and O–H groups in total. The van der Waals surface area contributed by atoms with E-state index in [2.05, 4.69) is 15.7 Å². The molecule has 1 unspecified atom stereocenters. The summed E-state index contributed by atoms with van der Waals surface area (Å²) in [7, 11) is 0. The van der Waals surface area contributed by atoms with Crippen LogP contribution in [0.4, 0.5) is 5.82 Å². The normalized spacial score (nSPS) is 19.0. The molecular formula is C12H21ClN4O2. The first-order chi connectivity index (χ1) is 8.66. The van der Waals surface area contributed by atoms with E-state index in [1.807, 2.05) is 13.8 Å². The summed E-state index contributed by atoms with van der Waals surface area (Å²) >= 11 is 0. The highest BCUT2D eigenvalue weighted by atomic mass is 35.5. The van der Waals surface area contributed by atoms with Crippen LogP contribution in [0, 0.1) is 0 Å². The van der Waals surface area contributed by atoms with E-state index in [9.17, 15) is 4.79 Å². The third-order valence-corrected chi connectivity index (χ3v) is 2.84. The van der Waals surface area contributed by atoms with Gasteiger partial charge < -0.3 is 15.4 Å². The van der Waals surface area contributed by atoms with Crippen LogP contribution in [0.15, 0.2) is 12.3 Å². The highest BCUT2D eigenvalue weighted by Gasteiger charge is 2.18. The van der Waals surface area contributed by atoms with Gasteiger partial charge in [0.1, 0.15) is 5.82 Å². The highest BCUT2D eigenvalue weighted by Crippen LogP contribution is 2.13. The number of carbonyl (C=O) groups is 1. The summed E-state index contributed by atoms with van der Waals surface area (Å²) in [5.74, 6) is 0.699. The number of carbonyl (C=O) groups excluding carboxylic acids is 1. The lowest BCUT2D eigenvalue weighted by Gasteiger charge is -2.23. The van der Waals surface area contributed by atoms with Crippen LogP contribution in [0.5, 0.6) is 0 Å². The van der Waals surface area contributed by atoms with Crippen molar-refractivity contribution in [2.75, 3.05) is 25.0 Å². The number of morpholine rings is 1. The van der Waals surface area contributed by atoms with E-state index < -0.39 is 0 Å². The van der Waals surface area contributed by atoms with Crippen LogP contribution >= 0.6 is 12.4 Å². The van der Waals surface area contributed by atoms with Crippen molar-refractivity contribution in [2.24, 2.45) is 0 Å². The second-order valence-electron chi connectivity index (χ2n) is 4.70. The second-order valence-corrected chi connectivity index (χ2v) is 4.70. The maximum Gasteiger partial charge on any atom is 0.228 e. The lowest BCUT2D eigenvalue weighted by Crippen LogP contribution is -2.40. The van der Waals surface area contributed by atoms with E-state index in [1.54, 1.807) is 16.9 Å². The first-order valence-electron chi connectivity index (χ1n) is 6.32. The largest absolute Gasteiger partial charge is 0.375 e. The van der Waals surface area contributed by atoms with Gasteiger partial charge in [-0.1, -0.05) is 0 Å². The highest BCUT2D eigenvalue weighted by molar-refractivity contribution is 5.90. The average molecular weight is 289 g/mol. The van der Waals surface area contributed by atoms with Gasteiger partial charge >= 0.3 is 0 Å². The molecule has 1 aromatic heterocycles. The Morgan fingerprint density at radius 2 is 2.47 bits per heavy atom. The van der Waals surface area contributed by atoms with Crippen molar-refractivity contribution >= 4 is 24.1 Å². The van der Waals surface area contributed by atoms with E-state index in [4.69, 9.17) is 4.74 Å². The van der Waals surface area contributed by atoms with Crippen molar-refractivity contribution in [3.8, 4) is 0 Å². The van der Waals surface area contributed by atoms with Crippen molar-refractivity contribution < 1.29 is 9.53 Å². The molecule has 1 aliphatic rings. The first kappa shape index (κ1) is 15.9. The van der Waals surface area contributed by atoms with Crippen molar-refractivity contribution in [3.05, 3.63) is 12.3 Å². The molecule has 2 heterocycles. The number of nitrogens with one attached hydrogen (secondary N) is 2. The summed E-state index contributed by atoms with van der Waals surface area (Å²) < 4.78 is 7.29. The zero-order chi connectivity index (χ0) is 13.0. The Hall–Kier alpha value is -1.11. The van der Waals surface area contributed by atoms with Crippen LogP contribution in [-0.4, -0.2) is 41.5 Å². The van der Waals surface area contributed by atoms with Crippen molar-refractivity contribution in [2.45, 2.75) is 32.4 Å². The number of hydrogen-bond acceptors (Lipinski definition) is 4. The predicted octanol–water partition coefficient (Wildman–Crippen LogP) is 1.20. The molecule has 7 heteroatoms. The molecule has 108 valence electrons. The van der Waals surface area contributed by atoms with Gasteiger partial charge in [0.25, 0.3) is 0 Å². The standard InChI is InChI=1S/C12H20N4O2.ClH/c1-9(2)16-11(3-4-14-16)15-12(17)7-10-8-13-5-6-18-10;/h3-4,9-10,13H,5-8H2,1-2H3,(H,15,17);1H. The maximum atomic E-state index is 11.9. The number of aromatic nitrogens is 2. The maximum absolute atomic E-state index is 11.9. The molecule has 0 aromatic carbocycles. The van der Waals surface area contributed by atoms with Gasteiger partial charge in [-0.15, -0.1) is 12.4 Å². The lowest BCUT2D eigenvalue weighted by molar-refractivity contribution is -0.119. The Labute approximate surface area is 119 Å². The minimum Gasteiger partial charge on any atom is -0.375 e. The minimum absolute atomic E-state index is 0. The Kier molecular flexibility index (Phi) is 6.27. The Bertz CT molecular complexity index is 402. The SMILES string of the molecule is CC(C)n1nccc1NC(=O)CC1CNCCO1.Cl. The van der Waals surface area contributed by atoms with Crippen molar-refractivity contribution in [1.29, 1.82) is 0 Å². The molecule has 6 nitrogen and oxygen atoms in total. The lowest BCUT2D eigenvalue weighted by atomic mass is 10.2. The molecule has 19 heavy (non-hydrogen) atoms. The Balaban J connectivity index is 0.00000180. The molecule has 2 rings (SSSR count). The minimum atomic E-state index is -0.0360. The third-order valence-electron chi connectivity index (χ3n) is 2.84. The average Bonchev–Trinajstić information content (AvgIpc) is 2.78. The summed E-state index contributed by atoms with van der Waals surface area (Å²) in [5, 5.41) is 10.3. The summed E-state index contributed by atoms with van der Waals surface area (Å²) in [4.78, 5) is 11.9. The summed E-state index contributed by atoms with van der Waals surface area (Å²) in [5.41, 5.74) is 0. The fourth-order valence-electron chi connectivity index (χ4n) is 1.98. The molecule has 1 aliphatic heterocycles. The van der Waals surface area contributed by atoms with Crippen LogP contribution in [-0.2, 0) is 9.53 Å². The molecule has 0 saturated carbocycles. The topological polar surface area (TPSA) is 68.2 Å². The van der Waals surface area contributed by atoms with Crippen LogP contribution in [0.25, 0.3) is 0 Å². The van der Waals surface area contributed by atoms with Gasteiger partial charge in [-0.3, -0.25) is 4.79 Å². The smallest absolute Gasteiger partial charge is 0.228 e. The van der Waals surface area contributed by atoms with Crippen LogP contribution < -0.4 is 10.6 Å². The van der Waals surface area contributed by atoms with Crippen molar-refractivity contribution in [1.82, 2.24) is 15.1 Å². The van der Waals surface area contributed by atoms with Gasteiger partial charge in [0, 0.05) is 25.2 Å². The van der Waals surface area contributed by atoms with Gasteiger partial charge in [0.05, 0.1) is 25.3 Å². The monoisotopic (exact) mass is 288 g/mol. The van der Waals surface area contributed by atoms with Crippen LogP contribution in [0.2, 0.25) is 0 Å². The summed E-state index contributed by atoms with van der Waals surface area (Å²) in [6.45, 7) is 6.31. The van der Waals surface area contributed by atoms with Gasteiger partial charge in [0.2, 0.25) is 5.91 Å². The molecule has 1 aromatic rings. The number of nitrogens with zero attached hydrogens (tertiary/aromatic N) is 2. The van der Waals surface area contributed by atoms with E-state index in [0.29, 0.717) is 13.0 Å². The molecule has 0 aliphatic carbocycles. The number of rotatable bonds is 4. The molecule has 1 amide bonds. The van der Waals surface area contributed by atoms with E-state index in [1.165, 1.54) is 0 Å². The van der Waals surface area contributed by atoms with Crippen molar-refractivity contribution in [3.63, 3.8) is 0 Å². The zero-order valence-electron chi connectivity index (χ0n) is 11.3. The fourth-order valence-corrected chi connectivity index (χ4v) is 1.98. The number of amides is 1. The third kappa shape index (κ3) is 4.49. The van der Waals surface area contributed by atoms with Gasteiger partial charge in [-0.2, -0.15) is 5.10 Å². The van der Waals surface area contributed by atoms with Gasteiger partial charge in [-0.05, 0) is 13.8 Å². The molecule has 0 spiro atoms. The summed E-state index contributed by atoms with van der Waals surface area (Å²) in [6, 6.07) is 2.03. The number of ether oxygens (including phenoxy) is 1. The zero-order valence-corrected chi connectivity index (χ0v) is 12.1. The van der Waals surface area contributed by atoms with Gasteiger partial charge in [-0.25, -0.2) is 4.68 Å². The van der Waals surface area contributed by atoms with E-state index in [0.717, 1.165) is 18.9 Å². The Morgan fingerprint density at radius 3 is 3.11 bits per heavy atom. The quantitative estimate of drug-likeness (QED) is 0.874. The molecule has 1 saturated heterocycles. The number of halogens is 1. The molecule has 0 bridgehead atoms. The first-order valence-corrected chi connectivity index (χ1v) is 6.32. The van der Waals surface area contributed by atoms with Gasteiger partial charge in [0.15, 0.2) is 0 Å². The van der Waals surface area contributed by atoms with Crippen LogP contribution in [0.1, 0.15) is 26.3 Å². The molecule has 1 fully saturated rings. The molecule has 1 atom stereocenters. The van der Waals surface area contributed by atoms with E-state index in [-0.39, 0.29) is 30.5 Å². The van der Waals surface area contributed by atoms with Crippen LogP contribution in [0.3, 0.4) is 0 Å². The molecule has 0 radical (unpaired) electrons. The Morgan fingerprint density at radius 1 is 1.68 bits per heavy atom. The molecular weight excluding hydrogens is 268 g/mol. The van der Waals surface area contributed by atoms with E-state index >= 15 is 0 Å².